The van der Waals surface area contributed by atoms with Crippen LogP contribution in [0.15, 0.2) is 42.5 Å². The number of hydrogen-bond donors (Lipinski definition) is 0. The Hall–Kier alpha value is -3.70. The monoisotopic (exact) mass is 462 g/mol. The predicted molar refractivity (Wildman–Crippen MR) is 112 cm³/mol. The van der Waals surface area contributed by atoms with Gasteiger partial charge in [-0.25, -0.2) is 0 Å². The lowest BCUT2D eigenvalue weighted by atomic mass is 9.97. The van der Waals surface area contributed by atoms with E-state index in [9.17, 15) is 22.8 Å². The number of carbonyl (C=O) groups is 2. The number of likely N-dealkylation sites (N-methyl/N-ethyl adjacent to an activating group) is 1. The minimum absolute atomic E-state index is 0.00493. The van der Waals surface area contributed by atoms with E-state index < -0.39 is 23.9 Å². The Balaban J connectivity index is 1.32. The normalized spacial score (nSPS) is 15.0. The standard InChI is InChI=1S/C21H21F3N6O3/c1-28(15-5-3-2-4-6-15)18(31)13-33-19(32)14-9-11-29(12-10-14)17-8-7-16-25-26-20(21(22,23)24)30(16)27-17/h2-8,14H,9-13H2,1H3. The maximum atomic E-state index is 13.1. The Kier molecular flexibility index (Phi) is 6.16. The summed E-state index contributed by atoms with van der Waals surface area (Å²) < 4.78 is 45.1. The van der Waals surface area contributed by atoms with Crippen LogP contribution in [0.25, 0.3) is 5.65 Å². The van der Waals surface area contributed by atoms with Crippen LogP contribution in [0.4, 0.5) is 24.7 Å². The van der Waals surface area contributed by atoms with Crippen molar-refractivity contribution in [2.75, 3.05) is 36.5 Å². The van der Waals surface area contributed by atoms with Crippen LogP contribution in [0.3, 0.4) is 0 Å². The molecule has 0 N–H and O–H groups in total. The molecular weight excluding hydrogens is 441 g/mol. The van der Waals surface area contributed by atoms with E-state index in [1.54, 1.807) is 42.3 Å². The molecule has 1 aliphatic rings. The molecule has 0 atom stereocenters. The van der Waals surface area contributed by atoms with Gasteiger partial charge in [0.2, 0.25) is 0 Å². The molecule has 1 aromatic carbocycles. The Labute approximate surface area is 186 Å². The predicted octanol–water partition coefficient (Wildman–Crippen LogP) is 2.57. The Bertz CT molecular complexity index is 1140. The first-order valence-corrected chi connectivity index (χ1v) is 10.3. The third-order valence-electron chi connectivity index (χ3n) is 5.51. The number of rotatable bonds is 5. The SMILES string of the molecule is CN(C(=O)COC(=O)C1CCN(c2ccc3nnc(C(F)(F)F)n3n2)CC1)c1ccccc1. The number of halogens is 3. The highest BCUT2D eigenvalue weighted by atomic mass is 19.4. The van der Waals surface area contributed by atoms with Crippen LogP contribution in [0.1, 0.15) is 18.7 Å². The van der Waals surface area contributed by atoms with Crippen LogP contribution < -0.4 is 9.80 Å². The van der Waals surface area contributed by atoms with Gasteiger partial charge in [0.25, 0.3) is 11.7 Å². The smallest absolute Gasteiger partial charge is 0.453 e. The zero-order chi connectivity index (χ0) is 23.6. The summed E-state index contributed by atoms with van der Waals surface area (Å²) in [6.07, 6.45) is -3.82. The number of nitrogens with zero attached hydrogens (tertiary/aromatic N) is 6. The average Bonchev–Trinajstić information content (AvgIpc) is 3.26. The van der Waals surface area contributed by atoms with Gasteiger partial charge in [0.05, 0.1) is 5.92 Å². The summed E-state index contributed by atoms with van der Waals surface area (Å²) in [6, 6.07) is 12.0. The fourth-order valence-electron chi connectivity index (χ4n) is 3.61. The van der Waals surface area contributed by atoms with E-state index in [1.165, 1.54) is 11.0 Å². The number of piperidine rings is 1. The summed E-state index contributed by atoms with van der Waals surface area (Å²) in [5.74, 6) is -2.08. The van der Waals surface area contributed by atoms with Gasteiger partial charge in [0.15, 0.2) is 12.3 Å². The molecular formula is C21H21F3N6O3. The summed E-state index contributed by atoms with van der Waals surface area (Å²) in [5, 5.41) is 10.7. The first kappa shape index (κ1) is 22.5. The van der Waals surface area contributed by atoms with E-state index in [2.05, 4.69) is 15.3 Å². The second-order valence-corrected chi connectivity index (χ2v) is 7.64. The van der Waals surface area contributed by atoms with E-state index in [0.717, 1.165) is 0 Å². The largest absolute Gasteiger partial charge is 0.455 e. The third kappa shape index (κ3) is 4.89. The molecule has 0 unspecified atom stereocenters. The van der Waals surface area contributed by atoms with Gasteiger partial charge in [-0.05, 0) is 37.1 Å². The van der Waals surface area contributed by atoms with E-state index in [1.807, 2.05) is 6.07 Å². The minimum Gasteiger partial charge on any atom is -0.455 e. The third-order valence-corrected chi connectivity index (χ3v) is 5.51. The molecule has 9 nitrogen and oxygen atoms in total. The Morgan fingerprint density at radius 2 is 1.79 bits per heavy atom. The molecule has 0 radical (unpaired) electrons. The minimum atomic E-state index is -4.67. The van der Waals surface area contributed by atoms with Crippen molar-refractivity contribution in [3.63, 3.8) is 0 Å². The van der Waals surface area contributed by atoms with Crippen molar-refractivity contribution in [3.05, 3.63) is 48.3 Å². The van der Waals surface area contributed by atoms with Crippen LogP contribution in [0.2, 0.25) is 0 Å². The molecule has 0 bridgehead atoms. The molecule has 0 saturated carbocycles. The van der Waals surface area contributed by atoms with Crippen LogP contribution in [0, 0.1) is 5.92 Å². The summed E-state index contributed by atoms with van der Waals surface area (Å²) in [4.78, 5) is 27.9. The van der Waals surface area contributed by atoms with Crippen LogP contribution in [-0.2, 0) is 20.5 Å². The Morgan fingerprint density at radius 3 is 2.45 bits per heavy atom. The van der Waals surface area contributed by atoms with Gasteiger partial charge < -0.3 is 14.5 Å². The maximum absolute atomic E-state index is 13.1. The molecule has 1 saturated heterocycles. The number of anilines is 2. The number of alkyl halides is 3. The van der Waals surface area contributed by atoms with Gasteiger partial charge in [0.1, 0.15) is 5.82 Å². The van der Waals surface area contributed by atoms with E-state index in [0.29, 0.717) is 42.0 Å². The summed E-state index contributed by atoms with van der Waals surface area (Å²) in [6.45, 7) is 0.440. The van der Waals surface area contributed by atoms with Crippen LogP contribution in [-0.4, -0.2) is 58.4 Å². The average molecular weight is 462 g/mol. The molecule has 3 aromatic rings. The highest BCUT2D eigenvalue weighted by molar-refractivity contribution is 5.94. The number of para-hydroxylation sites is 1. The number of amides is 1. The summed E-state index contributed by atoms with van der Waals surface area (Å²) in [5.41, 5.74) is 0.688. The van der Waals surface area contributed by atoms with Crippen LogP contribution in [0.5, 0.6) is 0 Å². The van der Waals surface area contributed by atoms with E-state index >= 15 is 0 Å². The molecule has 3 heterocycles. The fraction of sp³-hybridized carbons (Fsp3) is 0.381. The van der Waals surface area contributed by atoms with Gasteiger partial charge >= 0.3 is 12.1 Å². The second kappa shape index (κ2) is 9.04. The number of hydrogen-bond acceptors (Lipinski definition) is 7. The first-order valence-electron chi connectivity index (χ1n) is 10.3. The number of fused-ring (bicyclic) bond motifs is 1. The molecule has 0 aliphatic carbocycles. The molecule has 1 fully saturated rings. The zero-order valence-electron chi connectivity index (χ0n) is 17.7. The quantitative estimate of drug-likeness (QED) is 0.538. The van der Waals surface area contributed by atoms with Gasteiger partial charge in [-0.15, -0.1) is 15.3 Å². The highest BCUT2D eigenvalue weighted by Crippen LogP contribution is 2.29. The molecule has 4 rings (SSSR count). The lowest BCUT2D eigenvalue weighted by Gasteiger charge is -2.31. The molecule has 174 valence electrons. The van der Waals surface area contributed by atoms with Crippen molar-refractivity contribution in [2.45, 2.75) is 19.0 Å². The second-order valence-electron chi connectivity index (χ2n) is 7.64. The summed E-state index contributed by atoms with van der Waals surface area (Å²) >= 11 is 0. The first-order chi connectivity index (χ1) is 15.7. The number of carbonyl (C=O) groups excluding carboxylic acids is 2. The van der Waals surface area contributed by atoms with Crippen molar-refractivity contribution >= 4 is 29.0 Å². The van der Waals surface area contributed by atoms with Gasteiger partial charge in [-0.3, -0.25) is 9.59 Å². The molecule has 2 aromatic heterocycles. The van der Waals surface area contributed by atoms with Gasteiger partial charge in [-0.2, -0.15) is 17.7 Å². The van der Waals surface area contributed by atoms with Crippen molar-refractivity contribution < 1.29 is 27.5 Å². The van der Waals surface area contributed by atoms with Crippen LogP contribution >= 0.6 is 0 Å². The lowest BCUT2D eigenvalue weighted by Crippen LogP contribution is -2.38. The molecule has 1 amide bonds. The van der Waals surface area contributed by atoms with E-state index in [-0.39, 0.29) is 18.2 Å². The Morgan fingerprint density at radius 1 is 1.09 bits per heavy atom. The number of aromatic nitrogens is 4. The molecule has 1 aliphatic heterocycles. The van der Waals surface area contributed by atoms with Crippen molar-refractivity contribution in [1.29, 1.82) is 0 Å². The maximum Gasteiger partial charge on any atom is 0.453 e. The molecule has 33 heavy (non-hydrogen) atoms. The number of esters is 1. The number of benzene rings is 1. The number of ether oxygens (including phenoxy) is 1. The van der Waals surface area contributed by atoms with Crippen molar-refractivity contribution in [3.8, 4) is 0 Å². The van der Waals surface area contributed by atoms with Crippen molar-refractivity contribution in [1.82, 2.24) is 19.8 Å². The molecule has 0 spiro atoms. The van der Waals surface area contributed by atoms with Crippen molar-refractivity contribution in [2.24, 2.45) is 5.92 Å². The topological polar surface area (TPSA) is 92.9 Å². The fourth-order valence-corrected chi connectivity index (χ4v) is 3.61. The summed E-state index contributed by atoms with van der Waals surface area (Å²) in [7, 11) is 1.60. The zero-order valence-corrected chi connectivity index (χ0v) is 17.7. The highest BCUT2D eigenvalue weighted by Gasteiger charge is 2.38. The van der Waals surface area contributed by atoms with Gasteiger partial charge in [-0.1, -0.05) is 18.2 Å². The van der Waals surface area contributed by atoms with E-state index in [4.69, 9.17) is 4.74 Å². The van der Waals surface area contributed by atoms with Gasteiger partial charge in [0, 0.05) is 25.8 Å². The molecule has 12 heteroatoms. The lowest BCUT2D eigenvalue weighted by molar-refractivity contribution is -0.152.